The molecular formula is C13H17F3N2O. The fourth-order valence-corrected chi connectivity index (χ4v) is 2.17. The van der Waals surface area contributed by atoms with Crippen LogP contribution in [-0.2, 0) is 17.5 Å². The lowest BCUT2D eigenvalue weighted by Gasteiger charge is -2.32. The summed E-state index contributed by atoms with van der Waals surface area (Å²) in [6, 6.07) is 5.44. The zero-order valence-electron chi connectivity index (χ0n) is 10.5. The van der Waals surface area contributed by atoms with Crippen LogP contribution in [0.4, 0.5) is 13.2 Å². The molecule has 19 heavy (non-hydrogen) atoms. The van der Waals surface area contributed by atoms with Crippen LogP contribution in [0.2, 0.25) is 0 Å². The zero-order chi connectivity index (χ0) is 13.9. The van der Waals surface area contributed by atoms with E-state index in [2.05, 4.69) is 4.90 Å². The van der Waals surface area contributed by atoms with Crippen molar-refractivity contribution in [3.05, 3.63) is 35.4 Å². The van der Waals surface area contributed by atoms with E-state index in [0.29, 0.717) is 38.3 Å². The first kappa shape index (κ1) is 14.3. The zero-order valence-corrected chi connectivity index (χ0v) is 10.5. The fraction of sp³-hybridized carbons (Fsp3) is 0.538. The van der Waals surface area contributed by atoms with Gasteiger partial charge in [0.25, 0.3) is 0 Å². The topological polar surface area (TPSA) is 38.5 Å². The predicted octanol–water partition coefficient (Wildman–Crippen LogP) is 1.86. The predicted molar refractivity (Wildman–Crippen MR) is 65.5 cm³/mol. The molecule has 6 heteroatoms. The number of nitrogens with zero attached hydrogens (tertiary/aromatic N) is 1. The lowest BCUT2D eigenvalue weighted by Crippen LogP contribution is -2.45. The summed E-state index contributed by atoms with van der Waals surface area (Å²) in [5.74, 6) is 0. The van der Waals surface area contributed by atoms with Crippen LogP contribution in [-0.4, -0.2) is 37.2 Å². The van der Waals surface area contributed by atoms with Crippen molar-refractivity contribution in [1.82, 2.24) is 4.90 Å². The quantitative estimate of drug-likeness (QED) is 0.914. The molecule has 1 heterocycles. The van der Waals surface area contributed by atoms with Gasteiger partial charge >= 0.3 is 6.18 Å². The molecule has 0 bridgehead atoms. The average Bonchev–Trinajstić information content (AvgIpc) is 2.38. The van der Waals surface area contributed by atoms with E-state index in [0.717, 1.165) is 6.07 Å². The minimum Gasteiger partial charge on any atom is -0.374 e. The first-order chi connectivity index (χ1) is 8.99. The number of hydrogen-bond acceptors (Lipinski definition) is 3. The summed E-state index contributed by atoms with van der Waals surface area (Å²) >= 11 is 0. The molecule has 1 aliphatic heterocycles. The lowest BCUT2D eigenvalue weighted by atomic mass is 10.1. The normalized spacial score (nSPS) is 21.6. The van der Waals surface area contributed by atoms with E-state index < -0.39 is 11.7 Å². The molecule has 0 saturated carbocycles. The van der Waals surface area contributed by atoms with E-state index in [1.54, 1.807) is 6.07 Å². The molecule has 2 rings (SSSR count). The van der Waals surface area contributed by atoms with E-state index >= 15 is 0 Å². The second-order valence-electron chi connectivity index (χ2n) is 4.66. The van der Waals surface area contributed by atoms with E-state index in [9.17, 15) is 13.2 Å². The molecule has 1 atom stereocenters. The van der Waals surface area contributed by atoms with Crippen molar-refractivity contribution >= 4 is 0 Å². The van der Waals surface area contributed by atoms with Crippen LogP contribution in [0.25, 0.3) is 0 Å². The van der Waals surface area contributed by atoms with Crippen LogP contribution in [0.5, 0.6) is 0 Å². The number of alkyl halides is 3. The highest BCUT2D eigenvalue weighted by molar-refractivity contribution is 5.25. The number of rotatable bonds is 3. The summed E-state index contributed by atoms with van der Waals surface area (Å²) in [4.78, 5) is 2.07. The Kier molecular flexibility index (Phi) is 4.44. The van der Waals surface area contributed by atoms with Crippen molar-refractivity contribution in [2.24, 2.45) is 5.73 Å². The third-order valence-electron chi connectivity index (χ3n) is 3.15. The van der Waals surface area contributed by atoms with Crippen LogP contribution in [0.15, 0.2) is 24.3 Å². The Morgan fingerprint density at radius 2 is 2.16 bits per heavy atom. The smallest absolute Gasteiger partial charge is 0.374 e. The van der Waals surface area contributed by atoms with Crippen LogP contribution in [0.3, 0.4) is 0 Å². The first-order valence-corrected chi connectivity index (χ1v) is 6.19. The van der Waals surface area contributed by atoms with Gasteiger partial charge in [-0.05, 0) is 11.6 Å². The Labute approximate surface area is 110 Å². The third-order valence-corrected chi connectivity index (χ3v) is 3.15. The van der Waals surface area contributed by atoms with E-state index in [1.165, 1.54) is 12.1 Å². The van der Waals surface area contributed by atoms with Gasteiger partial charge in [0.05, 0.1) is 18.3 Å². The Morgan fingerprint density at radius 1 is 1.37 bits per heavy atom. The van der Waals surface area contributed by atoms with Gasteiger partial charge in [0.2, 0.25) is 0 Å². The summed E-state index contributed by atoms with van der Waals surface area (Å²) < 4.78 is 43.3. The van der Waals surface area contributed by atoms with Crippen molar-refractivity contribution in [2.45, 2.75) is 18.8 Å². The first-order valence-electron chi connectivity index (χ1n) is 6.19. The maximum absolute atomic E-state index is 12.6. The second-order valence-corrected chi connectivity index (χ2v) is 4.66. The van der Waals surface area contributed by atoms with Gasteiger partial charge in [-0.1, -0.05) is 18.2 Å². The van der Waals surface area contributed by atoms with Crippen LogP contribution >= 0.6 is 0 Å². The van der Waals surface area contributed by atoms with Crippen molar-refractivity contribution in [3.8, 4) is 0 Å². The second kappa shape index (κ2) is 5.90. The van der Waals surface area contributed by atoms with Gasteiger partial charge in [0.15, 0.2) is 0 Å². The SMILES string of the molecule is NCC1CN(Cc2cccc(C(F)(F)F)c2)CCO1. The molecule has 1 fully saturated rings. The number of hydrogen-bond donors (Lipinski definition) is 1. The van der Waals surface area contributed by atoms with E-state index in [-0.39, 0.29) is 6.10 Å². The number of halogens is 3. The largest absolute Gasteiger partial charge is 0.416 e. The maximum atomic E-state index is 12.6. The highest BCUT2D eigenvalue weighted by Gasteiger charge is 2.30. The fourth-order valence-electron chi connectivity index (χ4n) is 2.17. The van der Waals surface area contributed by atoms with Gasteiger partial charge in [-0.15, -0.1) is 0 Å². The van der Waals surface area contributed by atoms with Crippen LogP contribution < -0.4 is 5.73 Å². The van der Waals surface area contributed by atoms with Crippen molar-refractivity contribution < 1.29 is 17.9 Å². The van der Waals surface area contributed by atoms with Gasteiger partial charge in [-0.3, -0.25) is 4.90 Å². The number of benzene rings is 1. The number of ether oxygens (including phenoxy) is 1. The third kappa shape index (κ3) is 3.92. The van der Waals surface area contributed by atoms with Gasteiger partial charge < -0.3 is 10.5 Å². The molecule has 1 saturated heterocycles. The highest BCUT2D eigenvalue weighted by Crippen LogP contribution is 2.29. The summed E-state index contributed by atoms with van der Waals surface area (Å²) in [5, 5.41) is 0. The molecule has 106 valence electrons. The minimum atomic E-state index is -4.29. The summed E-state index contributed by atoms with van der Waals surface area (Å²) in [6.07, 6.45) is -4.32. The Bertz CT molecular complexity index is 423. The minimum absolute atomic E-state index is 0.0282. The van der Waals surface area contributed by atoms with Gasteiger partial charge in [-0.25, -0.2) is 0 Å². The van der Waals surface area contributed by atoms with E-state index in [1.807, 2.05) is 0 Å². The Morgan fingerprint density at radius 3 is 2.84 bits per heavy atom. The monoisotopic (exact) mass is 274 g/mol. The molecule has 0 aromatic heterocycles. The molecule has 0 spiro atoms. The average molecular weight is 274 g/mol. The number of morpholine rings is 1. The maximum Gasteiger partial charge on any atom is 0.416 e. The summed E-state index contributed by atoms with van der Waals surface area (Å²) in [5.41, 5.74) is 5.60. The molecule has 1 unspecified atom stereocenters. The van der Waals surface area contributed by atoms with Crippen LogP contribution in [0, 0.1) is 0 Å². The molecule has 0 amide bonds. The summed E-state index contributed by atoms with van der Waals surface area (Å²) in [7, 11) is 0. The summed E-state index contributed by atoms with van der Waals surface area (Å²) in [6.45, 7) is 2.86. The van der Waals surface area contributed by atoms with Gasteiger partial charge in [0, 0.05) is 26.2 Å². The lowest BCUT2D eigenvalue weighted by molar-refractivity contribution is -0.137. The molecule has 1 aromatic carbocycles. The molecule has 0 radical (unpaired) electrons. The van der Waals surface area contributed by atoms with Gasteiger partial charge in [0.1, 0.15) is 0 Å². The molecule has 2 N–H and O–H groups in total. The molecule has 3 nitrogen and oxygen atoms in total. The number of nitrogens with two attached hydrogens (primary N) is 1. The van der Waals surface area contributed by atoms with Crippen molar-refractivity contribution in [2.75, 3.05) is 26.2 Å². The van der Waals surface area contributed by atoms with Crippen molar-refractivity contribution in [3.63, 3.8) is 0 Å². The molecule has 0 aliphatic carbocycles. The molecule has 1 aromatic rings. The molecule has 1 aliphatic rings. The van der Waals surface area contributed by atoms with E-state index in [4.69, 9.17) is 10.5 Å². The Hall–Kier alpha value is -1.11. The van der Waals surface area contributed by atoms with Crippen LogP contribution in [0.1, 0.15) is 11.1 Å². The van der Waals surface area contributed by atoms with Gasteiger partial charge in [-0.2, -0.15) is 13.2 Å². The molecular weight excluding hydrogens is 257 g/mol. The highest BCUT2D eigenvalue weighted by atomic mass is 19.4. The van der Waals surface area contributed by atoms with Crippen molar-refractivity contribution in [1.29, 1.82) is 0 Å². The standard InChI is InChI=1S/C13H17F3N2O/c14-13(15,16)11-3-1-2-10(6-11)8-18-4-5-19-12(7-17)9-18/h1-3,6,12H,4-5,7-9,17H2. The Balaban J connectivity index is 2.03.